The normalized spacial score (nSPS) is 10.5. The third-order valence-corrected chi connectivity index (χ3v) is 3.29. The number of nitrogens with zero attached hydrogens (tertiary/aromatic N) is 3. The monoisotopic (exact) mass is 346 g/mol. The highest BCUT2D eigenvalue weighted by Crippen LogP contribution is 2.13. The fourth-order valence-corrected chi connectivity index (χ4v) is 2.00. The number of hydrogen-bond acceptors (Lipinski definition) is 6. The molecule has 1 N–H and O–H groups in total. The molecule has 2 heterocycles. The van der Waals surface area contributed by atoms with E-state index in [0.717, 1.165) is 5.56 Å². The van der Waals surface area contributed by atoms with Crippen molar-refractivity contribution < 1.29 is 14.3 Å². The Labute approximate surface area is 149 Å². The molecule has 0 aliphatic carbocycles. The molecule has 0 saturated heterocycles. The maximum absolute atomic E-state index is 11.9. The van der Waals surface area contributed by atoms with E-state index in [4.69, 9.17) is 4.74 Å². The number of rotatable bonds is 5. The number of hydrogen-bond donors (Lipinski definition) is 1. The van der Waals surface area contributed by atoms with Crippen LogP contribution < -0.4 is 10.2 Å². The number of amides is 1. The molecular formula is C19H14N4O3. The first-order valence-corrected chi connectivity index (χ1v) is 7.69. The Bertz CT molecular complexity index is 911. The topological polar surface area (TPSA) is 93.5 Å². The second-order valence-corrected chi connectivity index (χ2v) is 5.11. The molecule has 7 heteroatoms. The number of benzene rings is 1. The van der Waals surface area contributed by atoms with E-state index in [-0.39, 0.29) is 11.6 Å². The van der Waals surface area contributed by atoms with Gasteiger partial charge in [0.05, 0.1) is 6.21 Å². The first kappa shape index (κ1) is 17.0. The zero-order valence-corrected chi connectivity index (χ0v) is 13.6. The molecule has 0 bridgehead atoms. The summed E-state index contributed by atoms with van der Waals surface area (Å²) in [5, 5.41) is 3.89. The lowest BCUT2D eigenvalue weighted by Gasteiger charge is -2.03. The van der Waals surface area contributed by atoms with Crippen molar-refractivity contribution in [2.45, 2.75) is 0 Å². The van der Waals surface area contributed by atoms with Crippen molar-refractivity contribution in [1.29, 1.82) is 0 Å². The van der Waals surface area contributed by atoms with Gasteiger partial charge < -0.3 is 4.74 Å². The molecule has 7 nitrogen and oxygen atoms in total. The maximum Gasteiger partial charge on any atom is 0.362 e. The number of nitrogens with one attached hydrogen (secondary N) is 1. The zero-order valence-electron chi connectivity index (χ0n) is 13.6. The molecule has 0 fully saturated rings. The first-order chi connectivity index (χ1) is 12.7. The minimum Gasteiger partial charge on any atom is -0.422 e. The summed E-state index contributed by atoms with van der Waals surface area (Å²) >= 11 is 0. The van der Waals surface area contributed by atoms with Crippen molar-refractivity contribution in [1.82, 2.24) is 15.4 Å². The van der Waals surface area contributed by atoms with Crippen molar-refractivity contribution in [2.75, 3.05) is 0 Å². The Morgan fingerprint density at radius 1 is 0.962 bits per heavy atom. The number of esters is 1. The van der Waals surface area contributed by atoms with Crippen LogP contribution in [0.3, 0.4) is 0 Å². The lowest BCUT2D eigenvalue weighted by molar-refractivity contribution is 0.0728. The quantitative estimate of drug-likeness (QED) is 0.331. The van der Waals surface area contributed by atoms with Crippen molar-refractivity contribution in [3.05, 3.63) is 90.0 Å². The van der Waals surface area contributed by atoms with Crippen LogP contribution in [-0.4, -0.2) is 28.1 Å². The smallest absolute Gasteiger partial charge is 0.362 e. The van der Waals surface area contributed by atoms with Crippen molar-refractivity contribution in [3.8, 4) is 5.75 Å². The number of hydrazone groups is 1. The van der Waals surface area contributed by atoms with Crippen LogP contribution in [-0.2, 0) is 0 Å². The van der Waals surface area contributed by atoms with E-state index in [9.17, 15) is 9.59 Å². The van der Waals surface area contributed by atoms with Gasteiger partial charge in [0.15, 0.2) is 0 Å². The second kappa shape index (κ2) is 8.29. The SMILES string of the molecule is O=C(N/N=C\c1ccc(OC(=O)c2ccccn2)cc1)c1ccncc1. The van der Waals surface area contributed by atoms with Crippen LogP contribution in [0.25, 0.3) is 0 Å². The lowest BCUT2D eigenvalue weighted by Crippen LogP contribution is -2.17. The van der Waals surface area contributed by atoms with Crippen LogP contribution >= 0.6 is 0 Å². The van der Waals surface area contributed by atoms with Crippen LogP contribution in [0.15, 0.2) is 78.3 Å². The van der Waals surface area contributed by atoms with Gasteiger partial charge in [-0.25, -0.2) is 15.2 Å². The first-order valence-electron chi connectivity index (χ1n) is 7.69. The summed E-state index contributed by atoms with van der Waals surface area (Å²) in [5.41, 5.74) is 3.86. The fraction of sp³-hybridized carbons (Fsp3) is 0. The van der Waals surface area contributed by atoms with E-state index in [2.05, 4.69) is 20.5 Å². The van der Waals surface area contributed by atoms with Crippen LogP contribution in [0.4, 0.5) is 0 Å². The number of ether oxygens (including phenoxy) is 1. The summed E-state index contributed by atoms with van der Waals surface area (Å²) in [6.45, 7) is 0. The molecule has 3 rings (SSSR count). The molecule has 0 atom stereocenters. The molecule has 3 aromatic rings. The highest BCUT2D eigenvalue weighted by molar-refractivity contribution is 5.94. The molecule has 2 aromatic heterocycles. The molecule has 0 radical (unpaired) electrons. The fourth-order valence-electron chi connectivity index (χ4n) is 2.00. The van der Waals surface area contributed by atoms with E-state index in [0.29, 0.717) is 11.3 Å². The summed E-state index contributed by atoms with van der Waals surface area (Å²) in [4.78, 5) is 31.5. The summed E-state index contributed by atoms with van der Waals surface area (Å²) in [6, 6.07) is 14.9. The van der Waals surface area contributed by atoms with E-state index in [1.54, 1.807) is 54.6 Å². The Balaban J connectivity index is 1.56. The van der Waals surface area contributed by atoms with E-state index in [1.807, 2.05) is 0 Å². The predicted octanol–water partition coefficient (Wildman–Crippen LogP) is 2.46. The van der Waals surface area contributed by atoms with Gasteiger partial charge in [-0.05, 0) is 54.1 Å². The number of aromatic nitrogens is 2. The van der Waals surface area contributed by atoms with Gasteiger partial charge in [-0.2, -0.15) is 5.10 Å². The largest absolute Gasteiger partial charge is 0.422 e. The van der Waals surface area contributed by atoms with Gasteiger partial charge in [0.1, 0.15) is 11.4 Å². The molecule has 0 unspecified atom stereocenters. The maximum atomic E-state index is 11.9. The second-order valence-electron chi connectivity index (χ2n) is 5.11. The van der Waals surface area contributed by atoms with Gasteiger partial charge in [-0.1, -0.05) is 6.07 Å². The molecule has 0 spiro atoms. The standard InChI is InChI=1S/C19H14N4O3/c24-18(15-8-11-20-12-9-15)23-22-13-14-4-6-16(7-5-14)26-19(25)17-3-1-2-10-21-17/h1-13H,(H,23,24)/b22-13-. The van der Waals surface area contributed by atoms with Crippen molar-refractivity contribution >= 4 is 18.1 Å². The molecule has 0 aliphatic rings. The molecule has 1 aromatic carbocycles. The predicted molar refractivity (Wildman–Crippen MR) is 94.9 cm³/mol. The zero-order chi connectivity index (χ0) is 18.2. The minimum atomic E-state index is -0.531. The average Bonchev–Trinajstić information content (AvgIpc) is 2.70. The average molecular weight is 346 g/mol. The minimum absolute atomic E-state index is 0.233. The van der Waals surface area contributed by atoms with Gasteiger partial charge in [-0.3, -0.25) is 9.78 Å². The summed E-state index contributed by atoms with van der Waals surface area (Å²) in [6.07, 6.45) is 6.08. The van der Waals surface area contributed by atoms with Crippen LogP contribution in [0.2, 0.25) is 0 Å². The lowest BCUT2D eigenvalue weighted by atomic mass is 10.2. The van der Waals surface area contributed by atoms with E-state index >= 15 is 0 Å². The van der Waals surface area contributed by atoms with Gasteiger partial charge in [-0.15, -0.1) is 0 Å². The Hall–Kier alpha value is -3.87. The Kier molecular flexibility index (Phi) is 5.41. The van der Waals surface area contributed by atoms with E-state index < -0.39 is 5.97 Å². The van der Waals surface area contributed by atoms with Gasteiger partial charge >= 0.3 is 5.97 Å². The third-order valence-electron chi connectivity index (χ3n) is 3.29. The molecule has 0 aliphatic heterocycles. The van der Waals surface area contributed by atoms with Crippen molar-refractivity contribution in [3.63, 3.8) is 0 Å². The van der Waals surface area contributed by atoms with Crippen molar-refractivity contribution in [2.24, 2.45) is 5.10 Å². The highest BCUT2D eigenvalue weighted by atomic mass is 16.5. The Morgan fingerprint density at radius 3 is 2.42 bits per heavy atom. The molecule has 1 amide bonds. The molecular weight excluding hydrogens is 332 g/mol. The number of carbonyl (C=O) groups excluding carboxylic acids is 2. The summed E-state index contributed by atoms with van der Waals surface area (Å²) in [5.74, 6) is -0.472. The summed E-state index contributed by atoms with van der Waals surface area (Å²) < 4.78 is 5.23. The Morgan fingerprint density at radius 2 is 1.73 bits per heavy atom. The van der Waals surface area contributed by atoms with Crippen LogP contribution in [0.5, 0.6) is 5.75 Å². The van der Waals surface area contributed by atoms with Crippen LogP contribution in [0, 0.1) is 0 Å². The third kappa shape index (κ3) is 4.57. The van der Waals surface area contributed by atoms with Gasteiger partial charge in [0.2, 0.25) is 0 Å². The van der Waals surface area contributed by atoms with Crippen LogP contribution in [0.1, 0.15) is 26.4 Å². The number of pyridine rings is 2. The van der Waals surface area contributed by atoms with E-state index in [1.165, 1.54) is 24.8 Å². The molecule has 26 heavy (non-hydrogen) atoms. The van der Waals surface area contributed by atoms with Gasteiger partial charge in [0.25, 0.3) is 5.91 Å². The number of carbonyl (C=O) groups is 2. The molecule has 128 valence electrons. The highest BCUT2D eigenvalue weighted by Gasteiger charge is 2.09. The summed E-state index contributed by atoms with van der Waals surface area (Å²) in [7, 11) is 0. The van der Waals surface area contributed by atoms with Gasteiger partial charge in [0, 0.05) is 24.2 Å². The molecule has 0 saturated carbocycles.